The van der Waals surface area contributed by atoms with E-state index in [1.165, 1.54) is 11.7 Å². The van der Waals surface area contributed by atoms with E-state index < -0.39 is 11.6 Å². The first-order valence-electron chi connectivity index (χ1n) is 7.09. The molecule has 1 heterocycles. The molecule has 2 aromatic rings. The number of ether oxygens (including phenoxy) is 3. The van der Waals surface area contributed by atoms with Gasteiger partial charge >= 0.3 is 12.0 Å². The second kappa shape index (κ2) is 6.70. The molecule has 2 rings (SSSR count). The lowest BCUT2D eigenvalue weighted by molar-refractivity contribution is -0.0370. The fourth-order valence-corrected chi connectivity index (χ4v) is 2.24. The van der Waals surface area contributed by atoms with Crippen molar-refractivity contribution in [2.45, 2.75) is 19.4 Å². The minimum atomic E-state index is -0.794. The monoisotopic (exact) mass is 319 g/mol. The van der Waals surface area contributed by atoms with Gasteiger partial charge in [-0.25, -0.2) is 4.79 Å². The Morgan fingerprint density at radius 1 is 1.26 bits per heavy atom. The summed E-state index contributed by atoms with van der Waals surface area (Å²) in [5.74, 6) is -0.548. The van der Waals surface area contributed by atoms with Gasteiger partial charge in [0.15, 0.2) is 11.5 Å². The molecule has 0 saturated heterocycles. The lowest BCUT2D eigenvalue weighted by atomic mass is 10.1. The number of carbonyl (C=O) groups is 1. The average Bonchev–Trinajstić information content (AvgIpc) is 2.84. The Labute approximate surface area is 135 Å². The van der Waals surface area contributed by atoms with Gasteiger partial charge in [-0.3, -0.25) is 4.57 Å². The second-order valence-electron chi connectivity index (χ2n) is 5.59. The SMILES string of the molecule is COCC(C)(C)OC(=O)c1c(N)nc(OC)n1-c1ccccc1. The van der Waals surface area contributed by atoms with Gasteiger partial charge in [0.25, 0.3) is 0 Å². The molecule has 0 amide bonds. The van der Waals surface area contributed by atoms with Crippen molar-refractivity contribution in [1.82, 2.24) is 9.55 Å². The third kappa shape index (κ3) is 3.62. The van der Waals surface area contributed by atoms with Crippen molar-refractivity contribution in [3.05, 3.63) is 36.0 Å². The Morgan fingerprint density at radius 2 is 1.91 bits per heavy atom. The molecular formula is C16H21N3O4. The van der Waals surface area contributed by atoms with Crippen LogP contribution in [0.25, 0.3) is 5.69 Å². The van der Waals surface area contributed by atoms with Crippen LogP contribution in [-0.4, -0.2) is 41.9 Å². The Morgan fingerprint density at radius 3 is 2.48 bits per heavy atom. The number of methoxy groups -OCH3 is 2. The number of esters is 1. The van der Waals surface area contributed by atoms with E-state index in [2.05, 4.69) is 4.98 Å². The third-order valence-corrected chi connectivity index (χ3v) is 3.12. The molecule has 124 valence electrons. The van der Waals surface area contributed by atoms with E-state index in [4.69, 9.17) is 19.9 Å². The van der Waals surface area contributed by atoms with Gasteiger partial charge < -0.3 is 19.9 Å². The number of benzene rings is 1. The normalized spacial score (nSPS) is 11.3. The van der Waals surface area contributed by atoms with E-state index in [0.717, 1.165) is 0 Å². The molecule has 0 spiro atoms. The molecule has 0 aliphatic carbocycles. The Hall–Kier alpha value is -2.54. The number of carbonyl (C=O) groups excluding carboxylic acids is 1. The molecule has 23 heavy (non-hydrogen) atoms. The summed E-state index contributed by atoms with van der Waals surface area (Å²) in [7, 11) is 3.01. The number of hydrogen-bond acceptors (Lipinski definition) is 6. The van der Waals surface area contributed by atoms with E-state index >= 15 is 0 Å². The van der Waals surface area contributed by atoms with Crippen LogP contribution in [0.2, 0.25) is 0 Å². The van der Waals surface area contributed by atoms with Crippen LogP contribution in [0, 0.1) is 0 Å². The standard InChI is InChI=1S/C16H21N3O4/c1-16(2,10-21-3)23-14(20)12-13(17)18-15(22-4)19(12)11-8-6-5-7-9-11/h5-9H,10,17H2,1-4H3. The molecule has 1 aromatic heterocycles. The average molecular weight is 319 g/mol. The minimum Gasteiger partial charge on any atom is -0.468 e. The molecule has 2 N–H and O–H groups in total. The topological polar surface area (TPSA) is 88.6 Å². The van der Waals surface area contributed by atoms with E-state index in [1.807, 2.05) is 30.3 Å². The number of hydrogen-bond donors (Lipinski definition) is 1. The van der Waals surface area contributed by atoms with E-state index in [9.17, 15) is 4.79 Å². The quantitative estimate of drug-likeness (QED) is 0.820. The molecule has 0 unspecified atom stereocenters. The molecule has 0 bridgehead atoms. The molecular weight excluding hydrogens is 298 g/mol. The number of rotatable bonds is 6. The summed E-state index contributed by atoms with van der Waals surface area (Å²) in [6.07, 6.45) is 0. The van der Waals surface area contributed by atoms with Crippen molar-refractivity contribution < 1.29 is 19.0 Å². The summed E-state index contributed by atoms with van der Waals surface area (Å²) in [5.41, 5.74) is 5.93. The molecule has 1 aromatic carbocycles. The summed E-state index contributed by atoms with van der Waals surface area (Å²) in [4.78, 5) is 16.7. The molecule has 0 radical (unpaired) electrons. The Kier molecular flexibility index (Phi) is 4.90. The predicted octanol–water partition coefficient (Wildman–Crippen LogP) is 2.04. The van der Waals surface area contributed by atoms with Crippen LogP contribution in [0.1, 0.15) is 24.3 Å². The van der Waals surface area contributed by atoms with Gasteiger partial charge in [-0.2, -0.15) is 4.98 Å². The summed E-state index contributed by atoms with van der Waals surface area (Å²) in [5, 5.41) is 0. The smallest absolute Gasteiger partial charge is 0.359 e. The van der Waals surface area contributed by atoms with Gasteiger partial charge in [-0.05, 0) is 26.0 Å². The number of anilines is 1. The number of nitrogen functional groups attached to an aromatic ring is 1. The van der Waals surface area contributed by atoms with Crippen molar-refractivity contribution in [2.24, 2.45) is 0 Å². The molecule has 0 atom stereocenters. The van der Waals surface area contributed by atoms with E-state index in [-0.39, 0.29) is 24.1 Å². The molecule has 0 aliphatic heterocycles. The third-order valence-electron chi connectivity index (χ3n) is 3.12. The fourth-order valence-electron chi connectivity index (χ4n) is 2.24. The van der Waals surface area contributed by atoms with Crippen LogP contribution in [0.3, 0.4) is 0 Å². The number of nitrogens with two attached hydrogens (primary N) is 1. The van der Waals surface area contributed by atoms with Crippen molar-refractivity contribution in [3.8, 4) is 11.7 Å². The van der Waals surface area contributed by atoms with Gasteiger partial charge in [-0.15, -0.1) is 0 Å². The Balaban J connectivity index is 2.46. The zero-order valence-corrected chi connectivity index (χ0v) is 13.7. The highest BCUT2D eigenvalue weighted by atomic mass is 16.6. The van der Waals surface area contributed by atoms with Gasteiger partial charge in [0, 0.05) is 7.11 Å². The Bertz CT molecular complexity index is 680. The van der Waals surface area contributed by atoms with Gasteiger partial charge in [0.1, 0.15) is 5.60 Å². The summed E-state index contributed by atoms with van der Waals surface area (Å²) in [6, 6.07) is 9.41. The molecule has 7 nitrogen and oxygen atoms in total. The number of para-hydroxylation sites is 1. The van der Waals surface area contributed by atoms with Crippen LogP contribution in [0.5, 0.6) is 6.01 Å². The van der Waals surface area contributed by atoms with Crippen LogP contribution in [0.4, 0.5) is 5.82 Å². The lowest BCUT2D eigenvalue weighted by Crippen LogP contribution is -2.33. The van der Waals surface area contributed by atoms with Crippen LogP contribution >= 0.6 is 0 Å². The number of imidazole rings is 1. The number of aromatic nitrogens is 2. The molecule has 0 fully saturated rings. The van der Waals surface area contributed by atoms with Gasteiger partial charge in [0.2, 0.25) is 0 Å². The number of nitrogens with zero attached hydrogens (tertiary/aromatic N) is 2. The van der Waals surface area contributed by atoms with Crippen molar-refractivity contribution in [3.63, 3.8) is 0 Å². The lowest BCUT2D eigenvalue weighted by Gasteiger charge is -2.24. The van der Waals surface area contributed by atoms with Crippen LogP contribution in [-0.2, 0) is 9.47 Å². The summed E-state index contributed by atoms with van der Waals surface area (Å²) < 4.78 is 17.3. The maximum Gasteiger partial charge on any atom is 0.359 e. The fraction of sp³-hybridized carbons (Fsp3) is 0.375. The van der Waals surface area contributed by atoms with Crippen molar-refractivity contribution in [2.75, 3.05) is 26.6 Å². The maximum atomic E-state index is 12.6. The summed E-state index contributed by atoms with van der Waals surface area (Å²) in [6.45, 7) is 3.77. The zero-order valence-electron chi connectivity index (χ0n) is 13.7. The van der Waals surface area contributed by atoms with Crippen LogP contribution in [0.15, 0.2) is 30.3 Å². The van der Waals surface area contributed by atoms with Crippen molar-refractivity contribution >= 4 is 11.8 Å². The molecule has 7 heteroatoms. The van der Waals surface area contributed by atoms with Gasteiger partial charge in [0.05, 0.1) is 19.4 Å². The molecule has 0 aliphatic rings. The largest absolute Gasteiger partial charge is 0.468 e. The highest BCUT2D eigenvalue weighted by Gasteiger charge is 2.30. The van der Waals surface area contributed by atoms with Gasteiger partial charge in [-0.1, -0.05) is 18.2 Å². The highest BCUT2D eigenvalue weighted by Crippen LogP contribution is 2.27. The predicted molar refractivity (Wildman–Crippen MR) is 85.9 cm³/mol. The molecule has 0 saturated carbocycles. The maximum absolute atomic E-state index is 12.6. The first kappa shape index (κ1) is 16.8. The summed E-state index contributed by atoms with van der Waals surface area (Å²) >= 11 is 0. The highest BCUT2D eigenvalue weighted by molar-refractivity contribution is 5.94. The van der Waals surface area contributed by atoms with Crippen molar-refractivity contribution in [1.29, 1.82) is 0 Å². The van der Waals surface area contributed by atoms with E-state index in [0.29, 0.717) is 5.69 Å². The second-order valence-corrected chi connectivity index (χ2v) is 5.59. The first-order valence-corrected chi connectivity index (χ1v) is 7.09. The van der Waals surface area contributed by atoms with Crippen LogP contribution < -0.4 is 10.5 Å². The minimum absolute atomic E-state index is 0.0453. The van der Waals surface area contributed by atoms with E-state index in [1.54, 1.807) is 21.0 Å². The first-order chi connectivity index (χ1) is 10.9. The zero-order chi connectivity index (χ0) is 17.0.